The van der Waals surface area contributed by atoms with Crippen molar-refractivity contribution in [3.63, 3.8) is 0 Å². The van der Waals surface area contributed by atoms with E-state index in [1.807, 2.05) is 0 Å². The van der Waals surface area contributed by atoms with Gasteiger partial charge in [-0.25, -0.2) is 8.42 Å². The molecule has 0 saturated carbocycles. The van der Waals surface area contributed by atoms with Crippen molar-refractivity contribution in [3.8, 4) is 5.75 Å². The molecule has 2 aromatic carbocycles. The summed E-state index contributed by atoms with van der Waals surface area (Å²) in [7, 11) is -3.63. The van der Waals surface area contributed by atoms with Crippen molar-refractivity contribution in [1.29, 1.82) is 0 Å². The van der Waals surface area contributed by atoms with Gasteiger partial charge in [-0.1, -0.05) is 24.6 Å². The zero-order valence-electron chi connectivity index (χ0n) is 18.7. The number of benzene rings is 2. The summed E-state index contributed by atoms with van der Waals surface area (Å²) in [4.78, 5) is 29.4. The summed E-state index contributed by atoms with van der Waals surface area (Å²) in [6.07, 6.45) is 2.73. The van der Waals surface area contributed by atoms with Crippen molar-refractivity contribution in [2.24, 2.45) is 0 Å². The number of hydrogen-bond acceptors (Lipinski definition) is 5. The summed E-state index contributed by atoms with van der Waals surface area (Å²) < 4.78 is 27.6. The van der Waals surface area contributed by atoms with Crippen LogP contribution in [-0.2, 0) is 10.0 Å². The number of sulfonamides is 1. The fraction of sp³-hybridized carbons (Fsp3) is 0.417. The van der Waals surface area contributed by atoms with E-state index in [0.717, 1.165) is 19.3 Å². The van der Waals surface area contributed by atoms with Crippen molar-refractivity contribution < 1.29 is 23.1 Å². The molecule has 0 radical (unpaired) electrons. The second kappa shape index (κ2) is 9.52. The molecule has 8 nitrogen and oxygen atoms in total. The predicted octanol–water partition coefficient (Wildman–Crippen LogP) is 2.47. The fourth-order valence-electron chi connectivity index (χ4n) is 4.35. The van der Waals surface area contributed by atoms with Gasteiger partial charge in [0.15, 0.2) is 0 Å². The standard InChI is InChI=1S/C24H29N3O5S/c1-18-9-10-19(33(31,32)27-11-5-2-6-12-27)17-21(18)24(30)26-15-13-25(14-16-26)23(29)20-7-3-4-8-22(20)28/h3-4,7-10,17,28H,2,5-6,11-16H2,1H3. The highest BCUT2D eigenvalue weighted by molar-refractivity contribution is 7.89. The molecule has 176 valence electrons. The Balaban J connectivity index is 1.47. The van der Waals surface area contributed by atoms with Crippen LogP contribution in [0.25, 0.3) is 0 Å². The van der Waals surface area contributed by atoms with Crippen molar-refractivity contribution in [1.82, 2.24) is 14.1 Å². The van der Waals surface area contributed by atoms with E-state index in [2.05, 4.69) is 0 Å². The quantitative estimate of drug-likeness (QED) is 0.739. The van der Waals surface area contributed by atoms with Crippen molar-refractivity contribution in [2.75, 3.05) is 39.3 Å². The van der Waals surface area contributed by atoms with E-state index in [-0.39, 0.29) is 28.0 Å². The molecule has 2 heterocycles. The maximum atomic E-state index is 13.3. The number of nitrogens with zero attached hydrogens (tertiary/aromatic N) is 3. The van der Waals surface area contributed by atoms with E-state index in [4.69, 9.17) is 0 Å². The largest absolute Gasteiger partial charge is 0.507 e. The molecule has 0 aliphatic carbocycles. The molecule has 2 fully saturated rings. The van der Waals surface area contributed by atoms with E-state index >= 15 is 0 Å². The van der Waals surface area contributed by atoms with Gasteiger partial charge in [-0.15, -0.1) is 0 Å². The van der Waals surface area contributed by atoms with Crippen LogP contribution < -0.4 is 0 Å². The molecule has 2 aromatic rings. The Hall–Kier alpha value is -2.91. The molecule has 0 bridgehead atoms. The molecular formula is C24H29N3O5S. The Bertz CT molecular complexity index is 1150. The first kappa shape index (κ1) is 23.3. The number of amides is 2. The first-order chi connectivity index (χ1) is 15.8. The number of carbonyl (C=O) groups is 2. The lowest BCUT2D eigenvalue weighted by Crippen LogP contribution is -2.50. The monoisotopic (exact) mass is 471 g/mol. The maximum Gasteiger partial charge on any atom is 0.257 e. The summed E-state index contributed by atoms with van der Waals surface area (Å²) in [5.41, 5.74) is 1.32. The van der Waals surface area contributed by atoms with Gasteiger partial charge < -0.3 is 14.9 Å². The normalized spacial score (nSPS) is 17.7. The Morgan fingerprint density at radius 1 is 0.788 bits per heavy atom. The average molecular weight is 472 g/mol. The highest BCUT2D eigenvalue weighted by Gasteiger charge is 2.30. The van der Waals surface area contributed by atoms with Crippen LogP contribution in [-0.4, -0.2) is 78.7 Å². The van der Waals surface area contributed by atoms with Crippen molar-refractivity contribution >= 4 is 21.8 Å². The Labute approximate surface area is 194 Å². The van der Waals surface area contributed by atoms with Gasteiger partial charge in [0.25, 0.3) is 11.8 Å². The lowest BCUT2D eigenvalue weighted by Gasteiger charge is -2.35. The number of aryl methyl sites for hydroxylation is 1. The molecule has 1 N–H and O–H groups in total. The zero-order chi connectivity index (χ0) is 23.6. The van der Waals surface area contributed by atoms with Gasteiger partial charge in [-0.05, 0) is 49.6 Å². The first-order valence-electron chi connectivity index (χ1n) is 11.3. The predicted molar refractivity (Wildman–Crippen MR) is 124 cm³/mol. The van der Waals surface area contributed by atoms with Gasteiger partial charge in [0.1, 0.15) is 5.75 Å². The van der Waals surface area contributed by atoms with E-state index < -0.39 is 10.0 Å². The van der Waals surface area contributed by atoms with Crippen molar-refractivity contribution in [3.05, 3.63) is 59.2 Å². The van der Waals surface area contributed by atoms with E-state index in [0.29, 0.717) is 50.4 Å². The lowest BCUT2D eigenvalue weighted by molar-refractivity contribution is 0.0533. The van der Waals surface area contributed by atoms with Gasteiger partial charge in [0.05, 0.1) is 10.5 Å². The first-order valence-corrected chi connectivity index (χ1v) is 12.7. The van der Waals surface area contributed by atoms with Gasteiger partial charge >= 0.3 is 0 Å². The lowest BCUT2D eigenvalue weighted by atomic mass is 10.1. The minimum atomic E-state index is -3.63. The molecule has 0 atom stereocenters. The second-order valence-electron chi connectivity index (χ2n) is 8.54. The summed E-state index contributed by atoms with van der Waals surface area (Å²) in [6, 6.07) is 11.1. The van der Waals surface area contributed by atoms with Crippen LogP contribution >= 0.6 is 0 Å². The van der Waals surface area contributed by atoms with Crippen LogP contribution in [0.2, 0.25) is 0 Å². The second-order valence-corrected chi connectivity index (χ2v) is 10.5. The molecular weight excluding hydrogens is 442 g/mol. The SMILES string of the molecule is Cc1ccc(S(=O)(=O)N2CCCCC2)cc1C(=O)N1CCN(C(=O)c2ccccc2O)CC1. The third-order valence-electron chi connectivity index (χ3n) is 6.38. The maximum absolute atomic E-state index is 13.3. The zero-order valence-corrected chi connectivity index (χ0v) is 19.6. The van der Waals surface area contributed by atoms with Crippen LogP contribution in [0.1, 0.15) is 45.5 Å². The number of phenolic OH excluding ortho intramolecular Hbond substituents is 1. The minimum Gasteiger partial charge on any atom is -0.507 e. The smallest absolute Gasteiger partial charge is 0.257 e. The van der Waals surface area contributed by atoms with Gasteiger partial charge in [-0.2, -0.15) is 4.31 Å². The summed E-state index contributed by atoms with van der Waals surface area (Å²) in [6.45, 7) is 4.15. The molecule has 0 aromatic heterocycles. The Kier molecular flexibility index (Phi) is 6.71. The highest BCUT2D eigenvalue weighted by atomic mass is 32.2. The third kappa shape index (κ3) is 4.74. The molecule has 2 amide bonds. The molecule has 4 rings (SSSR count). The topological polar surface area (TPSA) is 98.2 Å². The molecule has 33 heavy (non-hydrogen) atoms. The van der Waals surface area contributed by atoms with Gasteiger partial charge in [0.2, 0.25) is 10.0 Å². The molecule has 0 unspecified atom stereocenters. The number of piperidine rings is 1. The molecule has 2 aliphatic rings. The van der Waals surface area contributed by atoms with Gasteiger partial charge in [0, 0.05) is 44.8 Å². The highest BCUT2D eigenvalue weighted by Crippen LogP contribution is 2.24. The third-order valence-corrected chi connectivity index (χ3v) is 8.28. The summed E-state index contributed by atoms with van der Waals surface area (Å²) in [5.74, 6) is -0.577. The van der Waals surface area contributed by atoms with E-state index in [1.165, 1.54) is 16.4 Å². The van der Waals surface area contributed by atoms with E-state index in [9.17, 15) is 23.1 Å². The van der Waals surface area contributed by atoms with Crippen LogP contribution in [0.15, 0.2) is 47.4 Å². The fourth-order valence-corrected chi connectivity index (χ4v) is 5.90. The number of rotatable bonds is 4. The van der Waals surface area contributed by atoms with Crippen LogP contribution in [0.5, 0.6) is 5.75 Å². The Morgan fingerprint density at radius 3 is 1.97 bits per heavy atom. The molecule has 2 aliphatic heterocycles. The number of piperazine rings is 1. The minimum absolute atomic E-state index is 0.0663. The molecule has 9 heteroatoms. The van der Waals surface area contributed by atoms with Crippen LogP contribution in [0.3, 0.4) is 0 Å². The average Bonchev–Trinajstić information content (AvgIpc) is 2.84. The van der Waals surface area contributed by atoms with Gasteiger partial charge in [-0.3, -0.25) is 9.59 Å². The molecule has 0 spiro atoms. The Morgan fingerprint density at radius 2 is 1.36 bits per heavy atom. The molecule has 2 saturated heterocycles. The van der Waals surface area contributed by atoms with Crippen LogP contribution in [0.4, 0.5) is 0 Å². The van der Waals surface area contributed by atoms with Crippen LogP contribution in [0, 0.1) is 6.92 Å². The van der Waals surface area contributed by atoms with E-state index in [1.54, 1.807) is 47.1 Å². The number of aromatic hydroxyl groups is 1. The number of hydrogen-bond donors (Lipinski definition) is 1. The summed E-state index contributed by atoms with van der Waals surface area (Å²) in [5, 5.41) is 9.95. The summed E-state index contributed by atoms with van der Waals surface area (Å²) >= 11 is 0. The number of para-hydroxylation sites is 1. The number of carbonyl (C=O) groups excluding carboxylic acids is 2. The van der Waals surface area contributed by atoms with Crippen molar-refractivity contribution in [2.45, 2.75) is 31.1 Å². The number of phenols is 1.